The van der Waals surface area contributed by atoms with Crippen LogP contribution in [0.5, 0.6) is 0 Å². The van der Waals surface area contributed by atoms with Crippen molar-refractivity contribution in [1.82, 2.24) is 5.32 Å². The van der Waals surface area contributed by atoms with Crippen LogP contribution >= 0.6 is 11.3 Å². The Morgan fingerprint density at radius 1 is 1.33 bits per heavy atom. The number of nitrogens with one attached hydrogen (secondary N) is 1. The summed E-state index contributed by atoms with van der Waals surface area (Å²) in [5, 5.41) is 5.93. The van der Waals surface area contributed by atoms with Gasteiger partial charge in [-0.3, -0.25) is 0 Å². The maximum atomic E-state index is 3.67. The quantitative estimate of drug-likeness (QED) is 0.822. The molecule has 0 aliphatic heterocycles. The molecule has 1 aromatic rings. The van der Waals surface area contributed by atoms with Crippen molar-refractivity contribution in [1.29, 1.82) is 0 Å². The molecule has 1 heterocycles. The second-order valence-corrected chi connectivity index (χ2v) is 7.26. The topological polar surface area (TPSA) is 12.0 Å². The summed E-state index contributed by atoms with van der Waals surface area (Å²) >= 11 is 1.91. The van der Waals surface area contributed by atoms with Crippen LogP contribution in [-0.4, -0.2) is 13.1 Å². The van der Waals surface area contributed by atoms with Crippen LogP contribution in [0.3, 0.4) is 0 Å². The summed E-state index contributed by atoms with van der Waals surface area (Å²) in [4.78, 5) is 1.54. The number of thiophene rings is 1. The minimum absolute atomic E-state index is 0.759. The van der Waals surface area contributed by atoms with Crippen LogP contribution in [0.2, 0.25) is 0 Å². The zero-order chi connectivity index (χ0) is 13.0. The molecular formula is C16H27NS. The van der Waals surface area contributed by atoms with Crippen LogP contribution in [0.15, 0.2) is 11.4 Å². The van der Waals surface area contributed by atoms with E-state index in [1.807, 2.05) is 11.3 Å². The van der Waals surface area contributed by atoms with Gasteiger partial charge in [0.25, 0.3) is 0 Å². The lowest BCUT2D eigenvalue weighted by molar-refractivity contribution is 0.292. The van der Waals surface area contributed by atoms with Gasteiger partial charge in [-0.25, -0.2) is 0 Å². The van der Waals surface area contributed by atoms with Gasteiger partial charge in [0.1, 0.15) is 0 Å². The smallest absolute Gasteiger partial charge is 0.00491 e. The fourth-order valence-electron chi connectivity index (χ4n) is 3.20. The molecule has 1 aliphatic carbocycles. The molecule has 0 spiro atoms. The largest absolute Gasteiger partial charge is 0.316 e. The van der Waals surface area contributed by atoms with Gasteiger partial charge >= 0.3 is 0 Å². The zero-order valence-corrected chi connectivity index (χ0v) is 12.9. The second-order valence-electron chi connectivity index (χ2n) is 6.14. The lowest BCUT2D eigenvalue weighted by atomic mass is 9.75. The summed E-state index contributed by atoms with van der Waals surface area (Å²) < 4.78 is 0. The molecule has 0 aromatic carbocycles. The number of aryl methyl sites for hydroxylation is 1. The van der Waals surface area contributed by atoms with Crippen molar-refractivity contribution in [3.05, 3.63) is 21.9 Å². The van der Waals surface area contributed by atoms with Crippen LogP contribution in [0.25, 0.3) is 0 Å². The van der Waals surface area contributed by atoms with Gasteiger partial charge in [-0.2, -0.15) is 0 Å². The van der Waals surface area contributed by atoms with Crippen LogP contribution in [0.4, 0.5) is 0 Å². The van der Waals surface area contributed by atoms with Crippen LogP contribution in [-0.2, 0) is 0 Å². The minimum atomic E-state index is 0.759. The van der Waals surface area contributed by atoms with Crippen molar-refractivity contribution in [3.63, 3.8) is 0 Å². The average molecular weight is 265 g/mol. The third-order valence-electron chi connectivity index (χ3n) is 4.17. The molecule has 0 saturated heterocycles. The maximum absolute atomic E-state index is 3.67. The van der Waals surface area contributed by atoms with Gasteiger partial charge in [0.05, 0.1) is 0 Å². The molecule has 1 fully saturated rings. The van der Waals surface area contributed by atoms with Gasteiger partial charge in [-0.1, -0.05) is 26.7 Å². The Balaban J connectivity index is 1.96. The Hall–Kier alpha value is -0.340. The third kappa shape index (κ3) is 3.58. The van der Waals surface area contributed by atoms with Gasteiger partial charge in [0, 0.05) is 4.88 Å². The first-order valence-corrected chi connectivity index (χ1v) is 8.31. The first kappa shape index (κ1) is 14.1. The fourth-order valence-corrected chi connectivity index (χ4v) is 3.97. The number of hydrogen-bond donors (Lipinski definition) is 1. The molecule has 0 bridgehead atoms. The highest BCUT2D eigenvalue weighted by Gasteiger charge is 2.27. The predicted molar refractivity (Wildman–Crippen MR) is 81.5 cm³/mol. The Kier molecular flexibility index (Phi) is 5.25. The first-order valence-electron chi connectivity index (χ1n) is 7.43. The maximum Gasteiger partial charge on any atom is 0.00491 e. The third-order valence-corrected chi connectivity index (χ3v) is 5.03. The minimum Gasteiger partial charge on any atom is -0.316 e. The van der Waals surface area contributed by atoms with E-state index in [1.165, 1.54) is 37.1 Å². The van der Waals surface area contributed by atoms with E-state index in [0.29, 0.717) is 0 Å². The fraction of sp³-hybridized carbons (Fsp3) is 0.750. The highest BCUT2D eigenvalue weighted by molar-refractivity contribution is 7.10. The summed E-state index contributed by atoms with van der Waals surface area (Å²) in [7, 11) is 0. The SMILES string of the molecule is Cc1sccc1C1CCCCC1CNCC(C)C. The molecule has 1 nitrogen and oxygen atoms in total. The van der Waals surface area contributed by atoms with Crippen molar-refractivity contribution in [2.24, 2.45) is 11.8 Å². The van der Waals surface area contributed by atoms with E-state index in [2.05, 4.69) is 37.5 Å². The molecule has 2 rings (SSSR count). The summed E-state index contributed by atoms with van der Waals surface area (Å²) in [6.45, 7) is 9.22. The molecule has 1 aromatic heterocycles. The molecule has 2 atom stereocenters. The molecule has 1 N–H and O–H groups in total. The Morgan fingerprint density at radius 3 is 2.78 bits per heavy atom. The summed E-state index contributed by atoms with van der Waals surface area (Å²) in [5.74, 6) is 2.42. The van der Waals surface area contributed by atoms with Crippen LogP contribution in [0.1, 0.15) is 55.9 Å². The van der Waals surface area contributed by atoms with Gasteiger partial charge in [-0.05, 0) is 67.6 Å². The Bertz CT molecular complexity index is 356. The van der Waals surface area contributed by atoms with E-state index in [9.17, 15) is 0 Å². The standard InChI is InChI=1S/C16H27NS/c1-12(2)10-17-11-14-6-4-5-7-16(14)15-8-9-18-13(15)3/h8-9,12,14,16-17H,4-7,10-11H2,1-3H3. The highest BCUT2D eigenvalue weighted by atomic mass is 32.1. The number of hydrogen-bond acceptors (Lipinski definition) is 2. The lowest BCUT2D eigenvalue weighted by Crippen LogP contribution is -2.31. The van der Waals surface area contributed by atoms with E-state index in [0.717, 1.165) is 24.3 Å². The molecule has 1 saturated carbocycles. The molecular weight excluding hydrogens is 238 g/mol. The van der Waals surface area contributed by atoms with E-state index < -0.39 is 0 Å². The van der Waals surface area contributed by atoms with Crippen molar-refractivity contribution in [3.8, 4) is 0 Å². The molecule has 0 amide bonds. The normalized spacial score (nSPS) is 24.7. The molecule has 18 heavy (non-hydrogen) atoms. The van der Waals surface area contributed by atoms with E-state index in [4.69, 9.17) is 0 Å². The number of rotatable bonds is 5. The van der Waals surface area contributed by atoms with Gasteiger partial charge in [-0.15, -0.1) is 11.3 Å². The molecule has 102 valence electrons. The lowest BCUT2D eigenvalue weighted by Gasteiger charge is -2.32. The van der Waals surface area contributed by atoms with Crippen LogP contribution < -0.4 is 5.32 Å². The summed E-state index contributed by atoms with van der Waals surface area (Å²) in [5.41, 5.74) is 1.64. The van der Waals surface area contributed by atoms with E-state index in [1.54, 1.807) is 5.56 Å². The van der Waals surface area contributed by atoms with Crippen molar-refractivity contribution in [2.75, 3.05) is 13.1 Å². The van der Waals surface area contributed by atoms with Gasteiger partial charge in [0.15, 0.2) is 0 Å². The summed E-state index contributed by atoms with van der Waals surface area (Å²) in [6, 6.07) is 2.37. The van der Waals surface area contributed by atoms with Gasteiger partial charge in [0.2, 0.25) is 0 Å². The van der Waals surface area contributed by atoms with E-state index >= 15 is 0 Å². The van der Waals surface area contributed by atoms with Crippen molar-refractivity contribution in [2.45, 2.75) is 52.4 Å². The van der Waals surface area contributed by atoms with Crippen molar-refractivity contribution < 1.29 is 0 Å². The molecule has 2 unspecified atom stereocenters. The zero-order valence-electron chi connectivity index (χ0n) is 12.0. The summed E-state index contributed by atoms with van der Waals surface area (Å²) in [6.07, 6.45) is 5.64. The van der Waals surface area contributed by atoms with E-state index in [-0.39, 0.29) is 0 Å². The first-order chi connectivity index (χ1) is 8.68. The molecule has 1 aliphatic rings. The van der Waals surface area contributed by atoms with Crippen LogP contribution in [0, 0.1) is 18.8 Å². The highest BCUT2D eigenvalue weighted by Crippen LogP contribution is 2.40. The van der Waals surface area contributed by atoms with Crippen molar-refractivity contribution >= 4 is 11.3 Å². The Labute approximate surface area is 116 Å². The second kappa shape index (κ2) is 6.72. The molecule has 2 heteroatoms. The monoisotopic (exact) mass is 265 g/mol. The average Bonchev–Trinajstić information content (AvgIpc) is 2.76. The predicted octanol–water partition coefficient (Wildman–Crippen LogP) is 4.58. The van der Waals surface area contributed by atoms with Gasteiger partial charge < -0.3 is 5.32 Å². The molecule has 0 radical (unpaired) electrons. The Morgan fingerprint density at radius 2 is 2.11 bits per heavy atom.